The summed E-state index contributed by atoms with van der Waals surface area (Å²) in [6.45, 7) is 5.38. The number of ether oxygens (including phenoxy) is 1. The molecule has 0 aliphatic carbocycles. The highest BCUT2D eigenvalue weighted by atomic mass is 32.2. The highest BCUT2D eigenvalue weighted by Gasteiger charge is 2.27. The third-order valence-electron chi connectivity index (χ3n) is 9.39. The Bertz CT molecular complexity index is 1840. The van der Waals surface area contributed by atoms with Gasteiger partial charge in [0, 0.05) is 51.0 Å². The van der Waals surface area contributed by atoms with Crippen LogP contribution in [0.3, 0.4) is 0 Å². The molecule has 3 aromatic carbocycles. The molecule has 3 aliphatic heterocycles. The van der Waals surface area contributed by atoms with Crippen molar-refractivity contribution < 1.29 is 14.6 Å². The number of fused-ring (bicyclic) bond motifs is 1. The average Bonchev–Trinajstić information content (AvgIpc) is 3.68. The molecule has 11 nitrogen and oxygen atoms in total. The Morgan fingerprint density at radius 3 is 2.49 bits per heavy atom. The van der Waals surface area contributed by atoms with Gasteiger partial charge in [-0.2, -0.15) is 0 Å². The van der Waals surface area contributed by atoms with Gasteiger partial charge >= 0.3 is 5.69 Å². The van der Waals surface area contributed by atoms with E-state index in [-0.39, 0.29) is 24.2 Å². The summed E-state index contributed by atoms with van der Waals surface area (Å²) in [7, 11) is 0. The number of nitrogens with zero attached hydrogens (tertiary/aromatic N) is 3. The zero-order chi connectivity index (χ0) is 33.6. The van der Waals surface area contributed by atoms with Gasteiger partial charge in [-0.3, -0.25) is 14.7 Å². The zero-order valence-corrected chi connectivity index (χ0v) is 28.3. The minimum absolute atomic E-state index is 0.0880. The molecule has 0 spiro atoms. The van der Waals surface area contributed by atoms with E-state index in [0.29, 0.717) is 39.4 Å². The smallest absolute Gasteiger partial charge is 0.323 e. The van der Waals surface area contributed by atoms with Crippen LogP contribution in [0.5, 0.6) is 5.75 Å². The monoisotopic (exact) mass is 681 g/mol. The van der Waals surface area contributed by atoms with E-state index >= 15 is 0 Å². The van der Waals surface area contributed by atoms with Gasteiger partial charge in [0.05, 0.1) is 16.5 Å². The number of thioether (sulfide) groups is 1. The third-order valence-corrected chi connectivity index (χ3v) is 10.3. The Morgan fingerprint density at radius 1 is 0.939 bits per heavy atom. The molecule has 256 valence electrons. The summed E-state index contributed by atoms with van der Waals surface area (Å²) in [4.78, 5) is 40.2. The number of likely N-dealkylation sites (tertiary alicyclic amines) is 1. The molecule has 49 heavy (non-hydrogen) atoms. The maximum Gasteiger partial charge on any atom is 0.323 e. The minimum atomic E-state index is -0.675. The van der Waals surface area contributed by atoms with Crippen molar-refractivity contribution in [3.63, 3.8) is 0 Å². The number of nitrogens with one attached hydrogen (secondary N) is 4. The number of piperidine rings is 2. The van der Waals surface area contributed by atoms with E-state index in [1.54, 1.807) is 18.2 Å². The van der Waals surface area contributed by atoms with Crippen LogP contribution in [-0.2, 0) is 11.3 Å². The number of amidine groups is 1. The maximum absolute atomic E-state index is 12.7. The first-order valence-corrected chi connectivity index (χ1v) is 17.9. The van der Waals surface area contributed by atoms with Crippen LogP contribution in [0.25, 0.3) is 17.1 Å². The number of hydrogen-bond donors (Lipinski definition) is 5. The number of aliphatic imine (C=N–C) groups is 1. The number of aliphatic hydroxyl groups is 1. The molecular formula is C37H43N7O4S. The van der Waals surface area contributed by atoms with E-state index in [9.17, 15) is 14.7 Å². The maximum atomic E-state index is 12.7. The number of H-pyrrole nitrogens is 2. The largest absolute Gasteiger partial charge is 0.489 e. The molecule has 5 N–H and O–H groups in total. The van der Waals surface area contributed by atoms with Crippen LogP contribution in [0.4, 0.5) is 5.69 Å². The Hall–Kier alpha value is -4.36. The molecular weight excluding hydrogens is 639 g/mol. The number of aliphatic hydroxyl groups excluding tert-OH is 1. The van der Waals surface area contributed by atoms with Crippen molar-refractivity contribution in [1.29, 1.82) is 0 Å². The predicted octanol–water partition coefficient (Wildman–Crippen LogP) is 4.08. The quantitative estimate of drug-likeness (QED) is 0.150. The number of carbonyl (C=O) groups is 1. The average molecular weight is 682 g/mol. The summed E-state index contributed by atoms with van der Waals surface area (Å²) in [6.07, 6.45) is 5.19. The molecule has 1 amide bonds. The summed E-state index contributed by atoms with van der Waals surface area (Å²) in [5.74, 6) is 0.450. The van der Waals surface area contributed by atoms with E-state index in [0.717, 1.165) is 69.7 Å². The van der Waals surface area contributed by atoms with E-state index < -0.39 is 6.10 Å². The lowest BCUT2D eigenvalue weighted by Gasteiger charge is -2.34. The lowest BCUT2D eigenvalue weighted by Crippen LogP contribution is -2.45. The number of para-hydroxylation sites is 1. The first-order chi connectivity index (χ1) is 23.9. The van der Waals surface area contributed by atoms with Gasteiger partial charge in [0.1, 0.15) is 24.0 Å². The molecule has 4 heterocycles. The number of rotatable bonds is 11. The first kappa shape index (κ1) is 33.2. The molecule has 3 aliphatic rings. The molecule has 0 saturated carbocycles. The Morgan fingerprint density at radius 2 is 1.71 bits per heavy atom. The van der Waals surface area contributed by atoms with E-state index in [1.807, 2.05) is 6.08 Å². The topological polar surface area (TPSA) is 138 Å². The Kier molecular flexibility index (Phi) is 10.5. The van der Waals surface area contributed by atoms with Crippen molar-refractivity contribution in [2.75, 3.05) is 44.2 Å². The van der Waals surface area contributed by atoms with E-state index in [4.69, 9.17) is 9.73 Å². The fourth-order valence-electron chi connectivity index (χ4n) is 6.68. The van der Waals surface area contributed by atoms with Gasteiger partial charge in [-0.05, 0) is 78.9 Å². The summed E-state index contributed by atoms with van der Waals surface area (Å²) in [5.41, 5.74) is 4.49. The van der Waals surface area contributed by atoms with Crippen LogP contribution < -0.4 is 26.0 Å². The SMILES string of the molecule is O=C1NC(=NC2CCN(Cc3ccccc3)CC2)S/C1=C/c1ccc(N2CCC(NC[C@H](O)COc3cccc4[nH]c(=O)[nH]c34)CC2)cc1. The fourth-order valence-corrected chi connectivity index (χ4v) is 7.57. The van der Waals surface area contributed by atoms with Gasteiger partial charge in [-0.25, -0.2) is 4.79 Å². The fraction of sp³-hybridized carbons (Fsp3) is 0.378. The first-order valence-electron chi connectivity index (χ1n) is 17.1. The molecule has 7 rings (SSSR count). The van der Waals surface area contributed by atoms with Crippen molar-refractivity contribution in [3.05, 3.63) is 99.3 Å². The zero-order valence-electron chi connectivity index (χ0n) is 27.4. The summed E-state index contributed by atoms with van der Waals surface area (Å²) in [6, 6.07) is 24.9. The molecule has 0 unspecified atom stereocenters. The molecule has 4 aromatic rings. The molecule has 3 fully saturated rings. The molecule has 0 bridgehead atoms. The standard InChI is InChI=1S/C37H43N7O4S/c45-30(24-48-32-8-4-7-31-34(32)41-36(47)40-31)22-38-27-15-19-44(20-16-27)29-11-9-25(10-12-29)21-33-35(46)42-37(49-33)39-28-13-17-43(18-14-28)23-26-5-2-1-3-6-26/h1-12,21,27-28,30,38,45H,13-20,22-24H2,(H,39,42,46)(H2,40,41,47)/b33-21+/t30-/m0/s1. The predicted molar refractivity (Wildman–Crippen MR) is 196 cm³/mol. The number of aromatic amines is 2. The van der Waals surface area contributed by atoms with Crippen molar-refractivity contribution in [2.45, 2.75) is 50.4 Å². The van der Waals surface area contributed by atoms with Gasteiger partial charge in [0.25, 0.3) is 5.91 Å². The van der Waals surface area contributed by atoms with Crippen molar-refractivity contribution in [1.82, 2.24) is 25.5 Å². The summed E-state index contributed by atoms with van der Waals surface area (Å²) < 4.78 is 5.80. The van der Waals surface area contributed by atoms with Crippen molar-refractivity contribution >= 4 is 45.6 Å². The molecule has 0 radical (unpaired) electrons. The Balaban J connectivity index is 0.833. The number of aromatic nitrogens is 2. The minimum Gasteiger partial charge on any atom is -0.489 e. The van der Waals surface area contributed by atoms with Gasteiger partial charge in [-0.1, -0.05) is 48.5 Å². The second kappa shape index (κ2) is 15.5. The van der Waals surface area contributed by atoms with Gasteiger partial charge in [-0.15, -0.1) is 0 Å². The van der Waals surface area contributed by atoms with E-state index in [2.05, 4.69) is 85.0 Å². The lowest BCUT2D eigenvalue weighted by atomic mass is 10.0. The Labute approximate surface area is 289 Å². The van der Waals surface area contributed by atoms with Crippen LogP contribution in [0.2, 0.25) is 0 Å². The van der Waals surface area contributed by atoms with Crippen LogP contribution >= 0.6 is 11.8 Å². The summed E-state index contributed by atoms with van der Waals surface area (Å²) in [5, 5.41) is 17.7. The summed E-state index contributed by atoms with van der Waals surface area (Å²) >= 11 is 1.43. The van der Waals surface area contributed by atoms with Crippen molar-refractivity contribution in [3.8, 4) is 5.75 Å². The molecule has 3 saturated heterocycles. The molecule has 1 aromatic heterocycles. The van der Waals surface area contributed by atoms with E-state index in [1.165, 1.54) is 17.3 Å². The van der Waals surface area contributed by atoms with Crippen LogP contribution in [0.1, 0.15) is 36.8 Å². The molecule has 12 heteroatoms. The number of anilines is 1. The lowest BCUT2D eigenvalue weighted by molar-refractivity contribution is -0.115. The highest BCUT2D eigenvalue weighted by molar-refractivity contribution is 8.18. The third kappa shape index (κ3) is 8.63. The van der Waals surface area contributed by atoms with Gasteiger partial charge in [0.15, 0.2) is 5.17 Å². The van der Waals surface area contributed by atoms with Crippen molar-refractivity contribution in [2.24, 2.45) is 4.99 Å². The van der Waals surface area contributed by atoms with Crippen LogP contribution in [0, 0.1) is 0 Å². The van der Waals surface area contributed by atoms with Crippen LogP contribution in [-0.4, -0.2) is 88.6 Å². The number of benzene rings is 3. The van der Waals surface area contributed by atoms with Gasteiger partial charge < -0.3 is 35.3 Å². The second-order valence-corrected chi connectivity index (χ2v) is 14.0. The normalized spacial score (nSPS) is 20.3. The molecule has 1 atom stereocenters. The number of imidazole rings is 1. The number of hydrogen-bond acceptors (Lipinski definition) is 9. The highest BCUT2D eigenvalue weighted by Crippen LogP contribution is 2.29. The van der Waals surface area contributed by atoms with Gasteiger partial charge in [0.2, 0.25) is 0 Å². The second-order valence-electron chi connectivity index (χ2n) is 13.0. The number of amides is 1. The van der Waals surface area contributed by atoms with Crippen LogP contribution in [0.15, 0.2) is 87.5 Å². The number of carbonyl (C=O) groups excluding carboxylic acids is 1.